The Morgan fingerprint density at radius 1 is 1.62 bits per heavy atom. The topological polar surface area (TPSA) is 78.4 Å². The minimum atomic E-state index is -0.298. The van der Waals surface area contributed by atoms with Crippen molar-refractivity contribution in [2.75, 3.05) is 19.7 Å². The van der Waals surface area contributed by atoms with Crippen LogP contribution in [0.2, 0.25) is 0 Å². The standard InChI is InChI=1S/C11H20N2O3/c1-11(2,7-14)6-13-10(16)8-3-4-9(15)12-5-8/h8,14H,3-7H2,1-2H3,(H,12,15)(H,13,16). The first-order chi connectivity index (χ1) is 7.44. The zero-order valence-corrected chi connectivity index (χ0v) is 9.88. The fraction of sp³-hybridized carbons (Fsp3) is 0.818. The van der Waals surface area contributed by atoms with E-state index in [9.17, 15) is 9.59 Å². The van der Waals surface area contributed by atoms with E-state index in [2.05, 4.69) is 10.6 Å². The van der Waals surface area contributed by atoms with E-state index in [0.29, 0.717) is 25.9 Å². The summed E-state index contributed by atoms with van der Waals surface area (Å²) in [5, 5.41) is 14.5. The van der Waals surface area contributed by atoms with E-state index in [-0.39, 0.29) is 29.8 Å². The smallest absolute Gasteiger partial charge is 0.224 e. The van der Waals surface area contributed by atoms with Crippen LogP contribution < -0.4 is 10.6 Å². The monoisotopic (exact) mass is 228 g/mol. The highest BCUT2D eigenvalue weighted by atomic mass is 16.3. The molecule has 1 unspecified atom stereocenters. The molecule has 0 aromatic rings. The number of hydrogen-bond donors (Lipinski definition) is 3. The molecular weight excluding hydrogens is 208 g/mol. The Morgan fingerprint density at radius 3 is 2.81 bits per heavy atom. The van der Waals surface area contributed by atoms with Crippen LogP contribution in [0.25, 0.3) is 0 Å². The first kappa shape index (κ1) is 13.0. The maximum Gasteiger partial charge on any atom is 0.224 e. The summed E-state index contributed by atoms with van der Waals surface area (Å²) in [6.45, 7) is 4.68. The Morgan fingerprint density at radius 2 is 2.31 bits per heavy atom. The number of aliphatic hydroxyl groups is 1. The minimum Gasteiger partial charge on any atom is -0.396 e. The van der Waals surface area contributed by atoms with Gasteiger partial charge >= 0.3 is 0 Å². The molecule has 5 nitrogen and oxygen atoms in total. The number of piperidine rings is 1. The zero-order valence-electron chi connectivity index (χ0n) is 9.88. The Kier molecular flexibility index (Phi) is 4.29. The van der Waals surface area contributed by atoms with E-state index >= 15 is 0 Å². The van der Waals surface area contributed by atoms with Crippen LogP contribution in [0.5, 0.6) is 0 Å². The number of rotatable bonds is 4. The van der Waals surface area contributed by atoms with Gasteiger partial charge in [-0.25, -0.2) is 0 Å². The van der Waals surface area contributed by atoms with Gasteiger partial charge in [-0.3, -0.25) is 9.59 Å². The zero-order chi connectivity index (χ0) is 12.2. The summed E-state index contributed by atoms with van der Waals surface area (Å²) in [5.41, 5.74) is -0.298. The van der Waals surface area contributed by atoms with Crippen LogP contribution >= 0.6 is 0 Å². The first-order valence-electron chi connectivity index (χ1n) is 5.60. The molecular formula is C11H20N2O3. The summed E-state index contributed by atoms with van der Waals surface area (Å²) in [5.74, 6) is -0.159. The lowest BCUT2D eigenvalue weighted by Gasteiger charge is -2.25. The molecule has 1 saturated heterocycles. The summed E-state index contributed by atoms with van der Waals surface area (Å²) in [6.07, 6.45) is 1.03. The highest BCUT2D eigenvalue weighted by molar-refractivity contribution is 5.83. The maximum atomic E-state index is 11.7. The second-order valence-corrected chi connectivity index (χ2v) is 5.08. The van der Waals surface area contributed by atoms with Crippen LogP contribution in [0.1, 0.15) is 26.7 Å². The second kappa shape index (κ2) is 5.30. The Bertz CT molecular complexity index is 266. The van der Waals surface area contributed by atoms with E-state index in [1.807, 2.05) is 13.8 Å². The van der Waals surface area contributed by atoms with Gasteiger partial charge in [-0.1, -0.05) is 13.8 Å². The van der Waals surface area contributed by atoms with Crippen molar-refractivity contribution in [3.63, 3.8) is 0 Å². The summed E-state index contributed by atoms with van der Waals surface area (Å²) in [4.78, 5) is 22.6. The van der Waals surface area contributed by atoms with Crippen molar-refractivity contribution < 1.29 is 14.7 Å². The van der Waals surface area contributed by atoms with Crippen molar-refractivity contribution in [1.82, 2.24) is 10.6 Å². The number of carbonyl (C=O) groups excluding carboxylic acids is 2. The van der Waals surface area contributed by atoms with Gasteiger partial charge in [0, 0.05) is 31.5 Å². The molecule has 0 aromatic heterocycles. The average Bonchev–Trinajstić information content (AvgIpc) is 2.27. The third-order valence-electron chi connectivity index (χ3n) is 2.81. The van der Waals surface area contributed by atoms with Crippen LogP contribution in [0.15, 0.2) is 0 Å². The van der Waals surface area contributed by atoms with Crippen molar-refractivity contribution in [2.24, 2.45) is 11.3 Å². The van der Waals surface area contributed by atoms with Gasteiger partial charge in [0.15, 0.2) is 0 Å². The van der Waals surface area contributed by atoms with Crippen molar-refractivity contribution in [3.05, 3.63) is 0 Å². The number of hydrogen-bond acceptors (Lipinski definition) is 3. The fourth-order valence-corrected chi connectivity index (χ4v) is 1.48. The molecule has 1 fully saturated rings. The van der Waals surface area contributed by atoms with Gasteiger partial charge in [-0.05, 0) is 6.42 Å². The molecule has 1 aliphatic heterocycles. The molecule has 0 saturated carbocycles. The first-order valence-corrected chi connectivity index (χ1v) is 5.60. The fourth-order valence-electron chi connectivity index (χ4n) is 1.48. The second-order valence-electron chi connectivity index (χ2n) is 5.08. The predicted octanol–water partition coefficient (Wildman–Crippen LogP) is -0.353. The summed E-state index contributed by atoms with van der Waals surface area (Å²) < 4.78 is 0. The van der Waals surface area contributed by atoms with E-state index in [0.717, 1.165) is 0 Å². The molecule has 0 aromatic carbocycles. The maximum absolute atomic E-state index is 11.7. The molecule has 2 amide bonds. The van der Waals surface area contributed by atoms with Crippen LogP contribution in [-0.2, 0) is 9.59 Å². The highest BCUT2D eigenvalue weighted by Crippen LogP contribution is 2.14. The normalized spacial score (nSPS) is 21.4. The molecule has 3 N–H and O–H groups in total. The van der Waals surface area contributed by atoms with Gasteiger partial charge in [0.1, 0.15) is 0 Å². The lowest BCUT2D eigenvalue weighted by atomic mass is 9.93. The SMILES string of the molecule is CC(C)(CO)CNC(=O)C1CCC(=O)NC1. The number of aliphatic hydroxyl groups excluding tert-OH is 1. The highest BCUT2D eigenvalue weighted by Gasteiger charge is 2.26. The minimum absolute atomic E-state index is 0.0136. The lowest BCUT2D eigenvalue weighted by Crippen LogP contribution is -2.45. The number of amides is 2. The van der Waals surface area contributed by atoms with Gasteiger partial charge in [0.2, 0.25) is 11.8 Å². The molecule has 0 aliphatic carbocycles. The average molecular weight is 228 g/mol. The summed E-state index contributed by atoms with van der Waals surface area (Å²) in [7, 11) is 0. The van der Waals surface area contributed by atoms with Crippen molar-refractivity contribution in [3.8, 4) is 0 Å². The van der Waals surface area contributed by atoms with Gasteiger partial charge in [0.25, 0.3) is 0 Å². The van der Waals surface area contributed by atoms with Gasteiger partial charge in [0.05, 0.1) is 5.92 Å². The van der Waals surface area contributed by atoms with Gasteiger partial charge < -0.3 is 15.7 Å². The molecule has 1 rings (SSSR count). The molecule has 16 heavy (non-hydrogen) atoms. The third kappa shape index (κ3) is 3.81. The predicted molar refractivity (Wildman–Crippen MR) is 59.6 cm³/mol. The van der Waals surface area contributed by atoms with Crippen molar-refractivity contribution in [1.29, 1.82) is 0 Å². The lowest BCUT2D eigenvalue weighted by molar-refractivity contribution is -0.129. The molecule has 1 atom stereocenters. The quantitative estimate of drug-likeness (QED) is 0.615. The van der Waals surface area contributed by atoms with Crippen molar-refractivity contribution >= 4 is 11.8 Å². The van der Waals surface area contributed by atoms with Crippen molar-refractivity contribution in [2.45, 2.75) is 26.7 Å². The van der Waals surface area contributed by atoms with E-state index in [1.54, 1.807) is 0 Å². The molecule has 1 aliphatic rings. The van der Waals surface area contributed by atoms with E-state index in [4.69, 9.17) is 5.11 Å². The van der Waals surface area contributed by atoms with Crippen LogP contribution in [0.3, 0.4) is 0 Å². The molecule has 0 radical (unpaired) electrons. The van der Waals surface area contributed by atoms with Gasteiger partial charge in [-0.15, -0.1) is 0 Å². The summed E-state index contributed by atoms with van der Waals surface area (Å²) in [6, 6.07) is 0. The van der Waals surface area contributed by atoms with E-state index < -0.39 is 0 Å². The Balaban J connectivity index is 2.33. The molecule has 5 heteroatoms. The number of carbonyl (C=O) groups is 2. The number of nitrogens with one attached hydrogen (secondary N) is 2. The van der Waals surface area contributed by atoms with Crippen LogP contribution in [0, 0.1) is 11.3 Å². The van der Waals surface area contributed by atoms with Crippen LogP contribution in [0.4, 0.5) is 0 Å². The van der Waals surface area contributed by atoms with Gasteiger partial charge in [-0.2, -0.15) is 0 Å². The van der Waals surface area contributed by atoms with Crippen LogP contribution in [-0.4, -0.2) is 36.6 Å². The third-order valence-corrected chi connectivity index (χ3v) is 2.81. The molecule has 0 bridgehead atoms. The largest absolute Gasteiger partial charge is 0.396 e. The molecule has 1 heterocycles. The van der Waals surface area contributed by atoms with E-state index in [1.165, 1.54) is 0 Å². The molecule has 0 spiro atoms. The molecule has 92 valence electrons. The Labute approximate surface area is 95.6 Å². The summed E-state index contributed by atoms with van der Waals surface area (Å²) >= 11 is 0. The Hall–Kier alpha value is -1.10.